The first kappa shape index (κ1) is 16.3. The van der Waals surface area contributed by atoms with E-state index in [1.54, 1.807) is 13.8 Å². The Hall–Kier alpha value is -1.10. The molecule has 1 aromatic rings. The van der Waals surface area contributed by atoms with Crippen molar-refractivity contribution < 1.29 is 14.6 Å². The standard InChI is InChI=1S/C16H22ClNO3/c1-16(2,15(19)20)10-12-3-4-13(14(17)9-12)11-18-5-7-21-8-6-18/h3-4,9H,5-8,10-11H2,1-2H3,(H,19,20). The number of carboxylic acids is 1. The third-order valence-electron chi connectivity index (χ3n) is 3.84. The second kappa shape index (κ2) is 6.77. The van der Waals surface area contributed by atoms with Gasteiger partial charge >= 0.3 is 5.97 Å². The molecule has 4 nitrogen and oxygen atoms in total. The fourth-order valence-electron chi connectivity index (χ4n) is 2.42. The number of rotatable bonds is 5. The lowest BCUT2D eigenvalue weighted by atomic mass is 9.86. The van der Waals surface area contributed by atoms with Gasteiger partial charge in [-0.1, -0.05) is 23.7 Å². The van der Waals surface area contributed by atoms with Crippen LogP contribution in [0.1, 0.15) is 25.0 Å². The second-order valence-corrected chi connectivity index (χ2v) is 6.59. The van der Waals surface area contributed by atoms with Gasteiger partial charge in [-0.2, -0.15) is 0 Å². The third-order valence-corrected chi connectivity index (χ3v) is 4.19. The minimum absolute atomic E-state index is 0.472. The summed E-state index contributed by atoms with van der Waals surface area (Å²) in [6.45, 7) is 7.64. The van der Waals surface area contributed by atoms with E-state index >= 15 is 0 Å². The minimum atomic E-state index is -0.795. The zero-order valence-corrected chi connectivity index (χ0v) is 13.3. The van der Waals surface area contributed by atoms with Gasteiger partial charge in [-0.25, -0.2) is 0 Å². The monoisotopic (exact) mass is 311 g/mol. The molecule has 0 bridgehead atoms. The fraction of sp³-hybridized carbons (Fsp3) is 0.562. The highest BCUT2D eigenvalue weighted by molar-refractivity contribution is 6.31. The molecule has 116 valence electrons. The Morgan fingerprint density at radius 1 is 1.38 bits per heavy atom. The minimum Gasteiger partial charge on any atom is -0.481 e. The Bertz CT molecular complexity index is 510. The Labute approximate surface area is 130 Å². The zero-order chi connectivity index (χ0) is 15.5. The van der Waals surface area contributed by atoms with Gasteiger partial charge in [-0.05, 0) is 37.5 Å². The Morgan fingerprint density at radius 3 is 2.62 bits per heavy atom. The lowest BCUT2D eigenvalue weighted by Crippen LogP contribution is -2.35. The van der Waals surface area contributed by atoms with Crippen LogP contribution < -0.4 is 0 Å². The van der Waals surface area contributed by atoms with E-state index in [9.17, 15) is 9.90 Å². The Morgan fingerprint density at radius 2 is 2.05 bits per heavy atom. The van der Waals surface area contributed by atoms with Gasteiger partial charge in [0.15, 0.2) is 0 Å². The molecular weight excluding hydrogens is 290 g/mol. The van der Waals surface area contributed by atoms with E-state index < -0.39 is 11.4 Å². The molecule has 2 rings (SSSR count). The van der Waals surface area contributed by atoms with Crippen LogP contribution >= 0.6 is 11.6 Å². The van der Waals surface area contributed by atoms with E-state index in [-0.39, 0.29) is 0 Å². The van der Waals surface area contributed by atoms with Crippen molar-refractivity contribution in [1.82, 2.24) is 4.90 Å². The van der Waals surface area contributed by atoms with Gasteiger partial charge in [0.2, 0.25) is 0 Å². The Kier molecular flexibility index (Phi) is 5.25. The molecule has 0 aliphatic carbocycles. The van der Waals surface area contributed by atoms with Gasteiger partial charge in [0.25, 0.3) is 0 Å². The van der Waals surface area contributed by atoms with Gasteiger partial charge < -0.3 is 9.84 Å². The van der Waals surface area contributed by atoms with Gasteiger partial charge in [0, 0.05) is 24.7 Å². The Balaban J connectivity index is 2.05. The summed E-state index contributed by atoms with van der Waals surface area (Å²) < 4.78 is 5.33. The predicted octanol–water partition coefficient (Wildman–Crippen LogP) is 2.83. The van der Waals surface area contributed by atoms with Crippen LogP contribution in [-0.2, 0) is 22.5 Å². The van der Waals surface area contributed by atoms with Gasteiger partial charge in [-0.3, -0.25) is 9.69 Å². The van der Waals surface area contributed by atoms with Crippen molar-refractivity contribution in [3.8, 4) is 0 Å². The number of ether oxygens (including phenoxy) is 1. The van der Waals surface area contributed by atoms with E-state index in [0.29, 0.717) is 11.4 Å². The zero-order valence-electron chi connectivity index (χ0n) is 12.6. The molecule has 21 heavy (non-hydrogen) atoms. The number of halogens is 1. The lowest BCUT2D eigenvalue weighted by molar-refractivity contribution is -0.146. The summed E-state index contributed by atoms with van der Waals surface area (Å²) in [4.78, 5) is 13.5. The SMILES string of the molecule is CC(C)(Cc1ccc(CN2CCOCC2)c(Cl)c1)C(=O)O. The van der Waals surface area contributed by atoms with Crippen molar-refractivity contribution in [2.75, 3.05) is 26.3 Å². The normalized spacial score (nSPS) is 16.9. The van der Waals surface area contributed by atoms with Crippen LogP contribution in [-0.4, -0.2) is 42.3 Å². The molecule has 0 unspecified atom stereocenters. The molecule has 1 fully saturated rings. The highest BCUT2D eigenvalue weighted by atomic mass is 35.5. The first-order valence-corrected chi connectivity index (χ1v) is 7.57. The van der Waals surface area contributed by atoms with Crippen molar-refractivity contribution in [3.05, 3.63) is 34.3 Å². The number of morpholine rings is 1. The van der Waals surface area contributed by atoms with Crippen LogP contribution in [0.5, 0.6) is 0 Å². The maximum Gasteiger partial charge on any atom is 0.309 e. The predicted molar refractivity (Wildman–Crippen MR) is 82.7 cm³/mol. The number of hydrogen-bond acceptors (Lipinski definition) is 3. The molecule has 0 aromatic heterocycles. The van der Waals surface area contributed by atoms with E-state index in [0.717, 1.165) is 44.0 Å². The van der Waals surface area contributed by atoms with Crippen LogP contribution in [0.15, 0.2) is 18.2 Å². The summed E-state index contributed by atoms with van der Waals surface area (Å²) in [5.74, 6) is -0.795. The van der Waals surface area contributed by atoms with Crippen molar-refractivity contribution in [2.45, 2.75) is 26.8 Å². The molecule has 0 atom stereocenters. The summed E-state index contributed by atoms with van der Waals surface area (Å²) in [5, 5.41) is 9.90. The molecule has 0 amide bonds. The van der Waals surface area contributed by atoms with E-state index in [4.69, 9.17) is 16.3 Å². The average molecular weight is 312 g/mol. The maximum absolute atomic E-state index is 11.2. The average Bonchev–Trinajstić information content (AvgIpc) is 2.42. The molecule has 1 N–H and O–H groups in total. The topological polar surface area (TPSA) is 49.8 Å². The quantitative estimate of drug-likeness (QED) is 0.908. The van der Waals surface area contributed by atoms with Crippen molar-refractivity contribution in [3.63, 3.8) is 0 Å². The van der Waals surface area contributed by atoms with Crippen LogP contribution in [0.25, 0.3) is 0 Å². The first-order chi connectivity index (χ1) is 9.88. The summed E-state index contributed by atoms with van der Waals surface area (Å²) in [7, 11) is 0. The number of carbonyl (C=O) groups is 1. The summed E-state index contributed by atoms with van der Waals surface area (Å²) in [6.07, 6.45) is 0.472. The van der Waals surface area contributed by atoms with Crippen molar-refractivity contribution >= 4 is 17.6 Å². The van der Waals surface area contributed by atoms with Gasteiger partial charge in [0.05, 0.1) is 18.6 Å². The summed E-state index contributed by atoms with van der Waals surface area (Å²) in [6, 6.07) is 5.87. The van der Waals surface area contributed by atoms with E-state index in [1.807, 2.05) is 18.2 Å². The van der Waals surface area contributed by atoms with Crippen LogP contribution in [0, 0.1) is 5.41 Å². The van der Waals surface area contributed by atoms with Gasteiger partial charge in [-0.15, -0.1) is 0 Å². The maximum atomic E-state index is 11.2. The number of nitrogens with zero attached hydrogens (tertiary/aromatic N) is 1. The molecule has 1 aromatic carbocycles. The third kappa shape index (κ3) is 4.43. The van der Waals surface area contributed by atoms with Gasteiger partial charge in [0.1, 0.15) is 0 Å². The largest absolute Gasteiger partial charge is 0.481 e. The molecule has 1 heterocycles. The number of aliphatic carboxylic acids is 1. The van der Waals surface area contributed by atoms with Crippen LogP contribution in [0.3, 0.4) is 0 Å². The van der Waals surface area contributed by atoms with E-state index in [1.165, 1.54) is 0 Å². The van der Waals surface area contributed by atoms with Crippen LogP contribution in [0.2, 0.25) is 5.02 Å². The number of hydrogen-bond donors (Lipinski definition) is 1. The van der Waals surface area contributed by atoms with Crippen molar-refractivity contribution in [2.24, 2.45) is 5.41 Å². The smallest absolute Gasteiger partial charge is 0.309 e. The molecule has 1 saturated heterocycles. The highest BCUT2D eigenvalue weighted by Gasteiger charge is 2.27. The number of carboxylic acid groups (broad SMARTS) is 1. The first-order valence-electron chi connectivity index (χ1n) is 7.19. The molecule has 1 aliphatic heterocycles. The number of benzene rings is 1. The molecule has 0 spiro atoms. The van der Waals surface area contributed by atoms with Crippen LogP contribution in [0.4, 0.5) is 0 Å². The highest BCUT2D eigenvalue weighted by Crippen LogP contribution is 2.26. The molecule has 0 radical (unpaired) electrons. The second-order valence-electron chi connectivity index (χ2n) is 6.18. The molecule has 0 saturated carbocycles. The van der Waals surface area contributed by atoms with Crippen molar-refractivity contribution in [1.29, 1.82) is 0 Å². The molecule has 5 heteroatoms. The summed E-state index contributed by atoms with van der Waals surface area (Å²) >= 11 is 6.35. The van der Waals surface area contributed by atoms with E-state index in [2.05, 4.69) is 4.90 Å². The fourth-order valence-corrected chi connectivity index (χ4v) is 2.68. The molecular formula is C16H22ClNO3. The summed E-state index contributed by atoms with van der Waals surface area (Å²) in [5.41, 5.74) is 1.25. The molecule has 1 aliphatic rings. The lowest BCUT2D eigenvalue weighted by Gasteiger charge is -2.27.